The highest BCUT2D eigenvalue weighted by Gasteiger charge is 2.28. The summed E-state index contributed by atoms with van der Waals surface area (Å²) in [7, 11) is 1.87. The molecule has 0 aromatic heterocycles. The number of hydrogen-bond acceptors (Lipinski definition) is 3. The molecule has 0 bridgehead atoms. The third-order valence-electron chi connectivity index (χ3n) is 4.71. The van der Waals surface area contributed by atoms with Crippen molar-refractivity contribution in [1.82, 2.24) is 4.90 Å². The highest BCUT2D eigenvalue weighted by atomic mass is 35.5. The predicted molar refractivity (Wildman–Crippen MR) is 102 cm³/mol. The minimum Gasteiger partial charge on any atom is -0.380 e. The molecule has 0 aliphatic carbocycles. The Hall–Kier alpha value is -0.220. The second-order valence-electron chi connectivity index (χ2n) is 6.43. The average molecular weight is 356 g/mol. The summed E-state index contributed by atoms with van der Waals surface area (Å²) in [6.45, 7) is 5.84. The van der Waals surface area contributed by atoms with Crippen LogP contribution >= 0.6 is 23.4 Å². The van der Waals surface area contributed by atoms with Crippen molar-refractivity contribution < 1.29 is 4.74 Å². The topological polar surface area (TPSA) is 12.5 Å². The molecule has 1 fully saturated rings. The van der Waals surface area contributed by atoms with Gasteiger partial charge in [-0.15, -0.1) is 11.8 Å². The Kier molecular flexibility index (Phi) is 8.81. The first kappa shape index (κ1) is 19.1. The van der Waals surface area contributed by atoms with E-state index in [1.807, 2.05) is 31.0 Å². The van der Waals surface area contributed by atoms with Crippen LogP contribution in [0, 0.1) is 5.92 Å². The second-order valence-corrected chi connectivity index (χ2v) is 8.03. The van der Waals surface area contributed by atoms with E-state index in [-0.39, 0.29) is 0 Å². The van der Waals surface area contributed by atoms with Gasteiger partial charge in [-0.2, -0.15) is 0 Å². The molecular weight excluding hydrogens is 326 g/mol. The van der Waals surface area contributed by atoms with Crippen molar-refractivity contribution in [3.63, 3.8) is 0 Å². The molecule has 0 saturated carbocycles. The molecule has 4 heteroatoms. The number of hydrogen-bond donors (Lipinski definition) is 0. The van der Waals surface area contributed by atoms with Crippen LogP contribution in [0.25, 0.3) is 0 Å². The number of benzene rings is 1. The fraction of sp³-hybridized carbons (Fsp3) is 0.684. The van der Waals surface area contributed by atoms with Crippen molar-refractivity contribution in [3.8, 4) is 0 Å². The lowest BCUT2D eigenvalue weighted by Crippen LogP contribution is -2.45. The number of ether oxygens (including phenoxy) is 1. The SMILES string of the molecule is CCCCCN1CC[C@@H](CCSc2cccc(Cl)c2)[C@@H](OC)C1. The van der Waals surface area contributed by atoms with E-state index in [0.29, 0.717) is 12.0 Å². The molecule has 2 atom stereocenters. The molecule has 1 aromatic carbocycles. The average Bonchev–Trinajstić information content (AvgIpc) is 2.56. The molecule has 130 valence electrons. The van der Waals surface area contributed by atoms with Crippen LogP contribution in [0.5, 0.6) is 0 Å². The van der Waals surface area contributed by atoms with Gasteiger partial charge in [-0.3, -0.25) is 0 Å². The van der Waals surface area contributed by atoms with Gasteiger partial charge in [0.15, 0.2) is 0 Å². The number of piperidine rings is 1. The molecule has 1 aliphatic heterocycles. The summed E-state index contributed by atoms with van der Waals surface area (Å²) in [5, 5.41) is 0.824. The highest BCUT2D eigenvalue weighted by Crippen LogP contribution is 2.28. The van der Waals surface area contributed by atoms with Crippen molar-refractivity contribution in [2.45, 2.75) is 50.0 Å². The molecule has 1 aromatic rings. The van der Waals surface area contributed by atoms with Gasteiger partial charge in [0.05, 0.1) is 6.10 Å². The van der Waals surface area contributed by atoms with Gasteiger partial charge in [0.25, 0.3) is 0 Å². The Bertz CT molecular complexity index is 457. The third kappa shape index (κ3) is 6.66. The van der Waals surface area contributed by atoms with Crippen molar-refractivity contribution in [2.75, 3.05) is 32.5 Å². The van der Waals surface area contributed by atoms with E-state index < -0.39 is 0 Å². The van der Waals surface area contributed by atoms with Gasteiger partial charge in [-0.05, 0) is 62.2 Å². The van der Waals surface area contributed by atoms with E-state index >= 15 is 0 Å². The number of thioether (sulfide) groups is 1. The molecular formula is C19H30ClNOS. The molecule has 1 saturated heterocycles. The summed E-state index contributed by atoms with van der Waals surface area (Å²) in [6, 6.07) is 8.15. The van der Waals surface area contributed by atoms with Crippen LogP contribution in [-0.2, 0) is 4.74 Å². The summed E-state index contributed by atoms with van der Waals surface area (Å²) >= 11 is 7.95. The number of unbranched alkanes of at least 4 members (excludes halogenated alkanes) is 2. The summed E-state index contributed by atoms with van der Waals surface area (Å²) in [6.07, 6.45) is 6.84. The van der Waals surface area contributed by atoms with Crippen LogP contribution in [0.4, 0.5) is 0 Å². The molecule has 0 N–H and O–H groups in total. The van der Waals surface area contributed by atoms with E-state index in [2.05, 4.69) is 24.0 Å². The quantitative estimate of drug-likeness (QED) is 0.437. The van der Waals surface area contributed by atoms with Gasteiger partial charge in [0.1, 0.15) is 0 Å². The molecule has 0 amide bonds. The van der Waals surface area contributed by atoms with E-state index in [1.165, 1.54) is 50.1 Å². The van der Waals surface area contributed by atoms with Gasteiger partial charge in [0.2, 0.25) is 0 Å². The Morgan fingerprint density at radius 2 is 2.22 bits per heavy atom. The first-order chi connectivity index (χ1) is 11.2. The normalized spacial score (nSPS) is 22.4. The molecule has 1 aliphatic rings. The van der Waals surface area contributed by atoms with Crippen LogP contribution in [0.15, 0.2) is 29.2 Å². The zero-order valence-corrected chi connectivity index (χ0v) is 16.0. The monoisotopic (exact) mass is 355 g/mol. The van der Waals surface area contributed by atoms with Crippen LogP contribution in [-0.4, -0.2) is 43.5 Å². The van der Waals surface area contributed by atoms with Crippen molar-refractivity contribution in [1.29, 1.82) is 0 Å². The maximum atomic E-state index is 6.05. The number of halogens is 1. The van der Waals surface area contributed by atoms with Crippen LogP contribution < -0.4 is 0 Å². The molecule has 0 radical (unpaired) electrons. The Morgan fingerprint density at radius 3 is 2.96 bits per heavy atom. The smallest absolute Gasteiger partial charge is 0.0727 e. The number of likely N-dealkylation sites (tertiary alicyclic amines) is 1. The summed E-state index contributed by atoms with van der Waals surface area (Å²) in [4.78, 5) is 3.85. The van der Waals surface area contributed by atoms with Crippen LogP contribution in [0.2, 0.25) is 5.02 Å². The van der Waals surface area contributed by atoms with Gasteiger partial charge in [0, 0.05) is 23.6 Å². The lowest BCUT2D eigenvalue weighted by atomic mass is 9.91. The van der Waals surface area contributed by atoms with E-state index in [4.69, 9.17) is 16.3 Å². The van der Waals surface area contributed by atoms with E-state index in [1.54, 1.807) is 0 Å². The van der Waals surface area contributed by atoms with Gasteiger partial charge < -0.3 is 9.64 Å². The highest BCUT2D eigenvalue weighted by molar-refractivity contribution is 7.99. The second kappa shape index (κ2) is 10.6. The zero-order chi connectivity index (χ0) is 16.5. The first-order valence-electron chi connectivity index (χ1n) is 8.86. The fourth-order valence-electron chi connectivity index (χ4n) is 3.30. The lowest BCUT2D eigenvalue weighted by molar-refractivity contribution is -0.0123. The Morgan fingerprint density at radius 1 is 1.35 bits per heavy atom. The molecule has 2 nitrogen and oxygen atoms in total. The van der Waals surface area contributed by atoms with Gasteiger partial charge in [-0.1, -0.05) is 37.4 Å². The van der Waals surface area contributed by atoms with Crippen LogP contribution in [0.1, 0.15) is 39.0 Å². The molecule has 0 unspecified atom stereocenters. The third-order valence-corrected chi connectivity index (χ3v) is 5.98. The first-order valence-corrected chi connectivity index (χ1v) is 10.2. The minimum atomic E-state index is 0.394. The number of rotatable bonds is 9. The standard InChI is InChI=1S/C19H30ClNOS/c1-3-4-5-11-21-12-9-16(19(15-21)22-2)10-13-23-18-8-6-7-17(20)14-18/h6-8,14,16,19H,3-5,9-13,15H2,1-2H3/t16-,19-/m0/s1. The lowest BCUT2D eigenvalue weighted by Gasteiger charge is -2.38. The molecule has 2 rings (SSSR count). The van der Waals surface area contributed by atoms with Gasteiger partial charge in [-0.25, -0.2) is 0 Å². The minimum absolute atomic E-state index is 0.394. The molecule has 0 spiro atoms. The fourth-order valence-corrected chi connectivity index (χ4v) is 4.60. The molecule has 1 heterocycles. The van der Waals surface area contributed by atoms with Crippen molar-refractivity contribution in [3.05, 3.63) is 29.3 Å². The summed E-state index contributed by atoms with van der Waals surface area (Å²) in [5.74, 6) is 1.83. The van der Waals surface area contributed by atoms with Crippen molar-refractivity contribution >= 4 is 23.4 Å². The number of methoxy groups -OCH3 is 1. The zero-order valence-electron chi connectivity index (χ0n) is 14.5. The Labute approximate surface area is 150 Å². The maximum absolute atomic E-state index is 6.05. The predicted octanol–water partition coefficient (Wildman–Crippen LogP) is 5.35. The van der Waals surface area contributed by atoms with Gasteiger partial charge >= 0.3 is 0 Å². The largest absolute Gasteiger partial charge is 0.380 e. The summed E-state index contributed by atoms with van der Waals surface area (Å²) < 4.78 is 5.79. The Balaban J connectivity index is 1.72. The van der Waals surface area contributed by atoms with Crippen molar-refractivity contribution in [2.24, 2.45) is 5.92 Å². The van der Waals surface area contributed by atoms with E-state index in [9.17, 15) is 0 Å². The number of nitrogens with zero attached hydrogens (tertiary/aromatic N) is 1. The van der Waals surface area contributed by atoms with E-state index in [0.717, 1.165) is 17.3 Å². The maximum Gasteiger partial charge on any atom is 0.0727 e. The molecule has 23 heavy (non-hydrogen) atoms. The van der Waals surface area contributed by atoms with Crippen LogP contribution in [0.3, 0.4) is 0 Å². The summed E-state index contributed by atoms with van der Waals surface area (Å²) in [5.41, 5.74) is 0.